The summed E-state index contributed by atoms with van der Waals surface area (Å²) in [5.41, 5.74) is 0.787. The maximum atomic E-state index is 12.8. The van der Waals surface area contributed by atoms with Gasteiger partial charge >= 0.3 is 0 Å². The van der Waals surface area contributed by atoms with Gasteiger partial charge in [-0.1, -0.05) is 31.5 Å². The molecule has 2 nitrogen and oxygen atoms in total. The van der Waals surface area contributed by atoms with Gasteiger partial charge in [0, 0.05) is 12.5 Å². The molecule has 0 bridgehead atoms. The van der Waals surface area contributed by atoms with E-state index < -0.39 is 5.82 Å². The zero-order valence-corrected chi connectivity index (χ0v) is 9.44. The minimum Gasteiger partial charge on any atom is -0.352 e. The molecule has 1 aromatic rings. The normalized spacial score (nSPS) is 10.5. The second-order valence-electron chi connectivity index (χ2n) is 3.62. The molecule has 0 radical (unpaired) electrons. The van der Waals surface area contributed by atoms with Crippen molar-refractivity contribution in [3.05, 3.63) is 34.6 Å². The Hall–Kier alpha value is -1.09. The van der Waals surface area contributed by atoms with Gasteiger partial charge in [-0.05, 0) is 17.7 Å². The van der Waals surface area contributed by atoms with Crippen molar-refractivity contribution >= 4 is 17.5 Å². The lowest BCUT2D eigenvalue weighted by Crippen LogP contribution is -2.27. The zero-order chi connectivity index (χ0) is 11.4. The van der Waals surface area contributed by atoms with Crippen LogP contribution in [-0.2, 0) is 11.3 Å². The summed E-state index contributed by atoms with van der Waals surface area (Å²) in [7, 11) is 0. The number of nitrogens with one attached hydrogen (secondary N) is 1. The number of halogens is 2. The Balaban J connectivity index is 2.58. The molecule has 1 N–H and O–H groups in total. The van der Waals surface area contributed by atoms with Crippen LogP contribution in [0.15, 0.2) is 18.2 Å². The van der Waals surface area contributed by atoms with Gasteiger partial charge in [0.25, 0.3) is 0 Å². The molecule has 0 aliphatic carbocycles. The fourth-order valence-corrected chi connectivity index (χ4v) is 1.25. The van der Waals surface area contributed by atoms with Crippen molar-refractivity contribution in [1.82, 2.24) is 5.32 Å². The Labute approximate surface area is 93.4 Å². The highest BCUT2D eigenvalue weighted by Crippen LogP contribution is 2.15. The molecule has 0 aromatic heterocycles. The summed E-state index contributed by atoms with van der Waals surface area (Å²) >= 11 is 5.60. The number of hydrogen-bond acceptors (Lipinski definition) is 1. The van der Waals surface area contributed by atoms with E-state index >= 15 is 0 Å². The summed E-state index contributed by atoms with van der Waals surface area (Å²) in [4.78, 5) is 11.2. The van der Waals surface area contributed by atoms with Crippen molar-refractivity contribution in [2.24, 2.45) is 5.92 Å². The van der Waals surface area contributed by atoms with Gasteiger partial charge in [0.05, 0.1) is 5.02 Å². The second kappa shape index (κ2) is 5.12. The van der Waals surface area contributed by atoms with Gasteiger partial charge in [0.1, 0.15) is 5.82 Å². The van der Waals surface area contributed by atoms with Crippen molar-refractivity contribution in [3.8, 4) is 0 Å². The third-order valence-corrected chi connectivity index (χ3v) is 2.26. The van der Waals surface area contributed by atoms with Gasteiger partial charge in [0.2, 0.25) is 5.91 Å². The van der Waals surface area contributed by atoms with E-state index in [4.69, 9.17) is 11.6 Å². The summed E-state index contributed by atoms with van der Waals surface area (Å²) in [6.45, 7) is 4.00. The number of benzene rings is 1. The Morgan fingerprint density at radius 2 is 2.20 bits per heavy atom. The molecule has 82 valence electrons. The predicted molar refractivity (Wildman–Crippen MR) is 58.1 cm³/mol. The number of amides is 1. The van der Waals surface area contributed by atoms with E-state index in [9.17, 15) is 9.18 Å². The average molecular weight is 230 g/mol. The molecule has 0 saturated heterocycles. The lowest BCUT2D eigenvalue weighted by Gasteiger charge is -2.07. The van der Waals surface area contributed by atoms with Crippen molar-refractivity contribution in [1.29, 1.82) is 0 Å². The first-order valence-electron chi connectivity index (χ1n) is 4.72. The average Bonchev–Trinajstić information content (AvgIpc) is 2.19. The molecule has 0 aliphatic rings. The van der Waals surface area contributed by atoms with Crippen LogP contribution in [0.2, 0.25) is 5.02 Å². The predicted octanol–water partition coefficient (Wildman–Crippen LogP) is 2.75. The van der Waals surface area contributed by atoms with E-state index in [1.165, 1.54) is 12.1 Å². The molecule has 0 spiro atoms. The van der Waals surface area contributed by atoms with Crippen LogP contribution in [-0.4, -0.2) is 5.91 Å². The van der Waals surface area contributed by atoms with E-state index in [1.54, 1.807) is 6.07 Å². The largest absolute Gasteiger partial charge is 0.352 e. The highest BCUT2D eigenvalue weighted by molar-refractivity contribution is 6.30. The first kappa shape index (κ1) is 12.0. The molecule has 0 atom stereocenters. The van der Waals surface area contributed by atoms with Crippen molar-refractivity contribution in [2.45, 2.75) is 20.4 Å². The van der Waals surface area contributed by atoms with Gasteiger partial charge in [-0.15, -0.1) is 0 Å². The third-order valence-electron chi connectivity index (χ3n) is 1.98. The third kappa shape index (κ3) is 3.51. The highest BCUT2D eigenvalue weighted by atomic mass is 35.5. The first-order chi connectivity index (χ1) is 7.00. The highest BCUT2D eigenvalue weighted by Gasteiger charge is 2.06. The van der Waals surface area contributed by atoms with Crippen molar-refractivity contribution in [2.75, 3.05) is 0 Å². The molecule has 0 heterocycles. The Morgan fingerprint density at radius 3 is 2.73 bits per heavy atom. The van der Waals surface area contributed by atoms with E-state index in [1.807, 2.05) is 13.8 Å². The Morgan fingerprint density at radius 1 is 1.53 bits per heavy atom. The SMILES string of the molecule is CC(C)C(=O)NCc1ccc(F)c(Cl)c1. The monoisotopic (exact) mass is 229 g/mol. The topological polar surface area (TPSA) is 29.1 Å². The fourth-order valence-electron chi connectivity index (χ4n) is 1.04. The summed E-state index contributed by atoms with van der Waals surface area (Å²) < 4.78 is 12.8. The number of rotatable bonds is 3. The summed E-state index contributed by atoms with van der Waals surface area (Å²) in [6, 6.07) is 4.40. The number of hydrogen-bond donors (Lipinski definition) is 1. The lowest BCUT2D eigenvalue weighted by atomic mass is 10.2. The van der Waals surface area contributed by atoms with Crippen LogP contribution in [0.5, 0.6) is 0 Å². The van der Waals surface area contributed by atoms with E-state index in [0.29, 0.717) is 6.54 Å². The standard InChI is InChI=1S/C11H13ClFNO/c1-7(2)11(15)14-6-8-3-4-10(13)9(12)5-8/h3-5,7H,6H2,1-2H3,(H,14,15). The van der Waals surface area contributed by atoms with Gasteiger partial charge in [-0.2, -0.15) is 0 Å². The van der Waals surface area contributed by atoms with E-state index in [-0.39, 0.29) is 16.8 Å². The van der Waals surface area contributed by atoms with Crippen LogP contribution in [0.1, 0.15) is 19.4 Å². The molecule has 0 unspecified atom stereocenters. The Kier molecular flexibility index (Phi) is 4.09. The van der Waals surface area contributed by atoms with Crippen LogP contribution in [0, 0.1) is 11.7 Å². The van der Waals surface area contributed by atoms with Gasteiger partial charge in [0.15, 0.2) is 0 Å². The molecule has 0 aliphatic heterocycles. The Bertz CT molecular complexity index is 366. The summed E-state index contributed by atoms with van der Waals surface area (Å²) in [6.07, 6.45) is 0. The first-order valence-corrected chi connectivity index (χ1v) is 5.10. The van der Waals surface area contributed by atoms with Gasteiger partial charge < -0.3 is 5.32 Å². The van der Waals surface area contributed by atoms with Crippen LogP contribution in [0.25, 0.3) is 0 Å². The molecular weight excluding hydrogens is 217 g/mol. The van der Waals surface area contributed by atoms with Gasteiger partial charge in [-0.25, -0.2) is 4.39 Å². The van der Waals surface area contributed by atoms with Crippen molar-refractivity contribution < 1.29 is 9.18 Å². The molecule has 15 heavy (non-hydrogen) atoms. The smallest absolute Gasteiger partial charge is 0.222 e. The molecule has 1 aromatic carbocycles. The van der Waals surface area contributed by atoms with Crippen LogP contribution in [0.3, 0.4) is 0 Å². The second-order valence-corrected chi connectivity index (χ2v) is 4.03. The minimum absolute atomic E-state index is 0.0320. The minimum atomic E-state index is -0.449. The van der Waals surface area contributed by atoms with Crippen LogP contribution >= 0.6 is 11.6 Å². The number of carbonyl (C=O) groups excluding carboxylic acids is 1. The molecular formula is C11H13ClFNO. The summed E-state index contributed by atoms with van der Waals surface area (Å²) in [5.74, 6) is -0.535. The molecule has 1 amide bonds. The van der Waals surface area contributed by atoms with Crippen molar-refractivity contribution in [3.63, 3.8) is 0 Å². The van der Waals surface area contributed by atoms with Crippen LogP contribution in [0.4, 0.5) is 4.39 Å². The fraction of sp³-hybridized carbons (Fsp3) is 0.364. The molecule has 0 saturated carbocycles. The van der Waals surface area contributed by atoms with E-state index in [2.05, 4.69) is 5.32 Å². The van der Waals surface area contributed by atoms with E-state index in [0.717, 1.165) is 5.56 Å². The van der Waals surface area contributed by atoms with Gasteiger partial charge in [-0.3, -0.25) is 4.79 Å². The molecule has 0 fully saturated rings. The maximum absolute atomic E-state index is 12.8. The number of carbonyl (C=O) groups is 1. The quantitative estimate of drug-likeness (QED) is 0.849. The molecule has 4 heteroatoms. The summed E-state index contributed by atoms with van der Waals surface area (Å²) in [5, 5.41) is 2.80. The maximum Gasteiger partial charge on any atom is 0.222 e. The lowest BCUT2D eigenvalue weighted by molar-refractivity contribution is -0.124. The zero-order valence-electron chi connectivity index (χ0n) is 8.68. The van der Waals surface area contributed by atoms with Crippen LogP contribution < -0.4 is 5.32 Å². The molecule has 1 rings (SSSR count).